The van der Waals surface area contributed by atoms with Gasteiger partial charge in [0.2, 0.25) is 5.91 Å². The van der Waals surface area contributed by atoms with Crippen LogP contribution < -0.4 is 4.74 Å². The number of pyridine rings is 1. The summed E-state index contributed by atoms with van der Waals surface area (Å²) >= 11 is 0. The van der Waals surface area contributed by atoms with Crippen molar-refractivity contribution in [1.29, 1.82) is 0 Å². The Labute approximate surface area is 252 Å². The standard InChI is InChI=1S/C32H33F3N4O5/c33-32(34,35)29-25(31(42)43)16-36-39(29)28-7-3-6-26(37-28)23-5-2-1-4-21(23)18-44-22-12-10-19(11-13-22)24-14-15-38(17-27(24)40)30(41)20-8-9-20/h3,6-7,10-13,16,20,24,27,40H,1-2,4-5,8-9,14-15,17-18H2,(H,42,43)/t24-,27+/m1/s1. The van der Waals surface area contributed by atoms with Gasteiger partial charge in [-0.15, -0.1) is 0 Å². The summed E-state index contributed by atoms with van der Waals surface area (Å²) in [6.45, 7) is 1.27. The van der Waals surface area contributed by atoms with E-state index >= 15 is 0 Å². The monoisotopic (exact) mass is 610 g/mol. The topological polar surface area (TPSA) is 118 Å². The van der Waals surface area contributed by atoms with E-state index in [4.69, 9.17) is 4.74 Å². The third-order valence-corrected chi connectivity index (χ3v) is 8.65. The van der Waals surface area contributed by atoms with Gasteiger partial charge >= 0.3 is 12.1 Å². The van der Waals surface area contributed by atoms with Crippen LogP contribution in [0.4, 0.5) is 13.2 Å². The molecule has 3 aliphatic rings. The molecule has 2 N–H and O–H groups in total. The quantitative estimate of drug-likeness (QED) is 0.347. The van der Waals surface area contributed by atoms with E-state index in [-0.39, 0.29) is 30.2 Å². The number of carbonyl (C=O) groups is 2. The van der Waals surface area contributed by atoms with Crippen molar-refractivity contribution in [1.82, 2.24) is 19.7 Å². The van der Waals surface area contributed by atoms with E-state index in [1.165, 1.54) is 6.07 Å². The Morgan fingerprint density at radius 3 is 2.45 bits per heavy atom. The van der Waals surface area contributed by atoms with Crippen LogP contribution >= 0.6 is 0 Å². The first-order valence-electron chi connectivity index (χ1n) is 14.9. The van der Waals surface area contributed by atoms with Crippen molar-refractivity contribution in [3.63, 3.8) is 0 Å². The summed E-state index contributed by atoms with van der Waals surface area (Å²) in [6, 6.07) is 12.3. The van der Waals surface area contributed by atoms with Gasteiger partial charge in [0.15, 0.2) is 11.5 Å². The molecule has 1 aliphatic heterocycles. The summed E-state index contributed by atoms with van der Waals surface area (Å²) in [7, 11) is 0. The van der Waals surface area contributed by atoms with Crippen molar-refractivity contribution in [3.8, 4) is 11.6 Å². The molecule has 232 valence electrons. The maximum Gasteiger partial charge on any atom is 0.434 e. The van der Waals surface area contributed by atoms with E-state index < -0.39 is 29.5 Å². The number of aromatic carboxylic acids is 1. The lowest BCUT2D eigenvalue weighted by molar-refractivity contribution is -0.143. The molecule has 0 spiro atoms. The molecule has 1 aromatic carbocycles. The van der Waals surface area contributed by atoms with Crippen LogP contribution in [-0.4, -0.2) is 67.6 Å². The Bertz CT molecular complexity index is 1580. The number of aromatic nitrogens is 3. The van der Waals surface area contributed by atoms with Gasteiger partial charge < -0.3 is 19.8 Å². The lowest BCUT2D eigenvalue weighted by Gasteiger charge is -2.36. The number of allylic oxidation sites excluding steroid dienone is 1. The number of aliphatic hydroxyl groups is 1. The molecule has 0 bridgehead atoms. The summed E-state index contributed by atoms with van der Waals surface area (Å²) in [5, 5.41) is 23.7. The number of amides is 1. The fraction of sp³-hybridized carbons (Fsp3) is 0.438. The minimum absolute atomic E-state index is 0.0578. The van der Waals surface area contributed by atoms with Crippen molar-refractivity contribution in [2.24, 2.45) is 5.92 Å². The Kier molecular flexibility index (Phi) is 8.19. The highest BCUT2D eigenvalue weighted by Gasteiger charge is 2.41. The lowest BCUT2D eigenvalue weighted by Crippen LogP contribution is -2.46. The predicted molar refractivity (Wildman–Crippen MR) is 153 cm³/mol. The Morgan fingerprint density at radius 1 is 1.02 bits per heavy atom. The minimum atomic E-state index is -4.94. The van der Waals surface area contributed by atoms with Crippen molar-refractivity contribution < 1.29 is 37.7 Å². The Morgan fingerprint density at radius 2 is 1.77 bits per heavy atom. The smallest absolute Gasteiger partial charge is 0.434 e. The molecule has 2 aromatic heterocycles. The molecule has 6 rings (SSSR count). The van der Waals surface area contributed by atoms with Gasteiger partial charge in [-0.3, -0.25) is 4.79 Å². The number of rotatable bonds is 8. The van der Waals surface area contributed by atoms with Crippen LogP contribution in [0.15, 0.2) is 54.2 Å². The molecule has 2 atom stereocenters. The second-order valence-electron chi connectivity index (χ2n) is 11.7. The first-order valence-corrected chi connectivity index (χ1v) is 14.9. The molecular weight excluding hydrogens is 577 g/mol. The highest BCUT2D eigenvalue weighted by molar-refractivity contribution is 5.89. The number of benzene rings is 1. The number of hydrogen-bond acceptors (Lipinski definition) is 6. The lowest BCUT2D eigenvalue weighted by atomic mass is 9.87. The molecule has 9 nitrogen and oxygen atoms in total. The molecule has 1 saturated heterocycles. The van der Waals surface area contributed by atoms with Crippen LogP contribution in [0.25, 0.3) is 11.4 Å². The minimum Gasteiger partial charge on any atom is -0.489 e. The number of piperidine rings is 1. The van der Waals surface area contributed by atoms with Crippen LogP contribution in [-0.2, 0) is 11.0 Å². The number of carboxylic acids is 1. The highest BCUT2D eigenvalue weighted by Crippen LogP contribution is 2.37. The number of carboxylic acid groups (broad SMARTS) is 1. The molecule has 12 heteroatoms. The van der Waals surface area contributed by atoms with E-state index in [9.17, 15) is 33.0 Å². The molecular formula is C32H33F3N4O5. The Hall–Kier alpha value is -4.19. The Balaban J connectivity index is 1.16. The molecule has 1 amide bonds. The van der Waals surface area contributed by atoms with Gasteiger partial charge in [0, 0.05) is 24.9 Å². The third-order valence-electron chi connectivity index (χ3n) is 8.65. The van der Waals surface area contributed by atoms with Gasteiger partial charge in [0.1, 0.15) is 17.9 Å². The second kappa shape index (κ2) is 12.1. The number of hydrogen-bond donors (Lipinski definition) is 2. The van der Waals surface area contributed by atoms with Crippen LogP contribution in [0.1, 0.15) is 78.2 Å². The molecule has 0 unspecified atom stereocenters. The van der Waals surface area contributed by atoms with Crippen molar-refractivity contribution in [2.45, 2.75) is 63.1 Å². The van der Waals surface area contributed by atoms with Crippen LogP contribution in [0.5, 0.6) is 5.75 Å². The highest BCUT2D eigenvalue weighted by atomic mass is 19.4. The molecule has 44 heavy (non-hydrogen) atoms. The zero-order chi connectivity index (χ0) is 31.0. The van der Waals surface area contributed by atoms with Gasteiger partial charge in [-0.1, -0.05) is 18.2 Å². The number of halogens is 3. The summed E-state index contributed by atoms with van der Waals surface area (Å²) in [5.41, 5.74) is 1.05. The fourth-order valence-corrected chi connectivity index (χ4v) is 6.19. The number of nitrogens with zero attached hydrogens (tertiary/aromatic N) is 4. The molecule has 3 heterocycles. The van der Waals surface area contributed by atoms with E-state index in [0.29, 0.717) is 48.3 Å². The van der Waals surface area contributed by atoms with Gasteiger partial charge in [-0.05, 0) is 85.9 Å². The average Bonchev–Trinajstić information content (AvgIpc) is 3.76. The number of likely N-dealkylation sites (tertiary alicyclic amines) is 1. The second-order valence-corrected chi connectivity index (χ2v) is 11.7. The van der Waals surface area contributed by atoms with E-state index in [0.717, 1.165) is 48.8 Å². The third kappa shape index (κ3) is 6.21. The average molecular weight is 611 g/mol. The van der Waals surface area contributed by atoms with Gasteiger partial charge in [0.05, 0.1) is 18.0 Å². The molecule has 2 fully saturated rings. The molecule has 1 saturated carbocycles. The maximum absolute atomic E-state index is 13.8. The van der Waals surface area contributed by atoms with Crippen molar-refractivity contribution in [3.05, 3.63) is 76.7 Å². The molecule has 2 aliphatic carbocycles. The zero-order valence-electron chi connectivity index (χ0n) is 24.0. The van der Waals surface area contributed by atoms with Crippen molar-refractivity contribution >= 4 is 17.4 Å². The predicted octanol–water partition coefficient (Wildman–Crippen LogP) is 5.48. The number of β-amino-alcohol motifs (C(OH)–C–C–N with tert-alkyl or cyclic N) is 1. The van der Waals surface area contributed by atoms with E-state index in [1.54, 1.807) is 17.0 Å². The number of carbonyl (C=O) groups excluding carboxylic acids is 1. The van der Waals surface area contributed by atoms with E-state index in [1.807, 2.05) is 24.3 Å². The number of ether oxygens (including phenoxy) is 1. The number of aliphatic hydroxyl groups excluding tert-OH is 1. The molecule has 0 radical (unpaired) electrons. The first kappa shape index (κ1) is 29.9. The molecule has 3 aromatic rings. The van der Waals surface area contributed by atoms with Crippen molar-refractivity contribution in [2.75, 3.05) is 19.7 Å². The normalized spacial score (nSPS) is 21.0. The summed E-state index contributed by atoms with van der Waals surface area (Å²) in [4.78, 5) is 30.1. The SMILES string of the molecule is O=C(O)c1cnn(-c2cccc(C3=C(COc4ccc([C@H]5CCN(C(=O)C6CC6)C[C@@H]5O)cc4)CCCC3)n2)c1C(F)(F)F. The first-order chi connectivity index (χ1) is 21.1. The summed E-state index contributed by atoms with van der Waals surface area (Å²) in [6.07, 6.45) is 0.980. The van der Waals surface area contributed by atoms with Gasteiger partial charge in [-0.25, -0.2) is 14.5 Å². The maximum atomic E-state index is 13.8. The van der Waals surface area contributed by atoms with Crippen LogP contribution in [0.2, 0.25) is 0 Å². The fourth-order valence-electron chi connectivity index (χ4n) is 6.19. The van der Waals surface area contributed by atoms with Gasteiger partial charge in [0.25, 0.3) is 0 Å². The number of alkyl halides is 3. The largest absolute Gasteiger partial charge is 0.489 e. The summed E-state index contributed by atoms with van der Waals surface area (Å²) in [5.74, 6) is -0.955. The van der Waals surface area contributed by atoms with Crippen LogP contribution in [0.3, 0.4) is 0 Å². The van der Waals surface area contributed by atoms with Crippen LogP contribution in [0, 0.1) is 5.92 Å². The van der Waals surface area contributed by atoms with E-state index in [2.05, 4.69) is 10.1 Å². The van der Waals surface area contributed by atoms with Gasteiger partial charge in [-0.2, -0.15) is 18.3 Å². The summed E-state index contributed by atoms with van der Waals surface area (Å²) < 4.78 is 48.0. The zero-order valence-corrected chi connectivity index (χ0v) is 24.0.